The van der Waals surface area contributed by atoms with Gasteiger partial charge < -0.3 is 9.74 Å². The van der Waals surface area contributed by atoms with E-state index < -0.39 is 0 Å². The first kappa shape index (κ1) is 13.4. The Bertz CT molecular complexity index is 773. The highest BCUT2D eigenvalue weighted by Gasteiger charge is 2.38. The number of thioether (sulfide) groups is 1. The SMILES string of the molecule is CN1/C(=C2\C(=O)ONC2c2ccccc2)Sc2ccccc21. The van der Waals surface area contributed by atoms with Crippen molar-refractivity contribution in [2.24, 2.45) is 0 Å². The lowest BCUT2D eigenvalue weighted by Crippen LogP contribution is -2.18. The van der Waals surface area contributed by atoms with Crippen molar-refractivity contribution in [1.82, 2.24) is 5.48 Å². The van der Waals surface area contributed by atoms with Crippen LogP contribution in [0.4, 0.5) is 5.69 Å². The van der Waals surface area contributed by atoms with Crippen LogP contribution in [0.1, 0.15) is 11.6 Å². The lowest BCUT2D eigenvalue weighted by Gasteiger charge is -2.17. The highest BCUT2D eigenvalue weighted by atomic mass is 32.2. The van der Waals surface area contributed by atoms with Gasteiger partial charge in [-0.2, -0.15) is 0 Å². The first-order valence-electron chi connectivity index (χ1n) is 7.02. The number of anilines is 1. The summed E-state index contributed by atoms with van der Waals surface area (Å²) in [6.45, 7) is 0. The molecule has 0 saturated carbocycles. The number of carbonyl (C=O) groups excluding carboxylic acids is 1. The van der Waals surface area contributed by atoms with E-state index >= 15 is 0 Å². The van der Waals surface area contributed by atoms with Gasteiger partial charge in [-0.15, -0.1) is 5.48 Å². The molecule has 1 atom stereocenters. The second-order valence-corrected chi connectivity index (χ2v) is 6.23. The molecule has 2 aromatic carbocycles. The zero-order valence-corrected chi connectivity index (χ0v) is 12.8. The molecule has 1 saturated heterocycles. The van der Waals surface area contributed by atoms with Crippen LogP contribution in [-0.4, -0.2) is 13.0 Å². The Morgan fingerprint density at radius 2 is 1.82 bits per heavy atom. The van der Waals surface area contributed by atoms with Crippen LogP contribution in [0.3, 0.4) is 0 Å². The molecule has 2 heterocycles. The van der Waals surface area contributed by atoms with Crippen molar-refractivity contribution in [3.8, 4) is 0 Å². The summed E-state index contributed by atoms with van der Waals surface area (Å²) < 4.78 is 0. The third-order valence-electron chi connectivity index (χ3n) is 3.88. The van der Waals surface area contributed by atoms with E-state index in [0.717, 1.165) is 21.2 Å². The topological polar surface area (TPSA) is 41.6 Å². The largest absolute Gasteiger partial charge is 0.366 e. The fourth-order valence-corrected chi connectivity index (χ4v) is 3.98. The van der Waals surface area contributed by atoms with Gasteiger partial charge in [0, 0.05) is 11.9 Å². The highest BCUT2D eigenvalue weighted by Crippen LogP contribution is 2.48. The van der Waals surface area contributed by atoms with Crippen molar-refractivity contribution in [2.75, 3.05) is 11.9 Å². The summed E-state index contributed by atoms with van der Waals surface area (Å²) in [6, 6.07) is 17.8. The molecule has 2 aromatic rings. The van der Waals surface area contributed by atoms with Crippen molar-refractivity contribution < 1.29 is 9.63 Å². The van der Waals surface area contributed by atoms with Crippen molar-refractivity contribution in [3.63, 3.8) is 0 Å². The molecule has 4 rings (SSSR count). The molecule has 2 aliphatic heterocycles. The molecule has 0 amide bonds. The third-order valence-corrected chi connectivity index (χ3v) is 5.13. The smallest absolute Gasteiger partial charge is 0.357 e. The molecule has 4 nitrogen and oxygen atoms in total. The molecule has 2 aliphatic rings. The van der Waals surface area contributed by atoms with Crippen LogP contribution in [0, 0.1) is 0 Å². The van der Waals surface area contributed by atoms with Crippen LogP contribution >= 0.6 is 11.8 Å². The van der Waals surface area contributed by atoms with E-state index in [1.54, 1.807) is 11.8 Å². The molecule has 1 unspecified atom stereocenters. The van der Waals surface area contributed by atoms with E-state index in [1.165, 1.54) is 0 Å². The molecule has 0 radical (unpaired) electrons. The van der Waals surface area contributed by atoms with Gasteiger partial charge in [-0.05, 0) is 17.7 Å². The molecular formula is C17H14N2O2S. The molecule has 5 heteroatoms. The summed E-state index contributed by atoms with van der Waals surface area (Å²) in [4.78, 5) is 20.6. The molecule has 0 aliphatic carbocycles. The number of fused-ring (bicyclic) bond motifs is 1. The van der Waals surface area contributed by atoms with Gasteiger partial charge in [0.15, 0.2) is 0 Å². The van der Waals surface area contributed by atoms with Gasteiger partial charge in [0.2, 0.25) is 0 Å². The summed E-state index contributed by atoms with van der Waals surface area (Å²) >= 11 is 1.61. The molecule has 0 spiro atoms. The minimum absolute atomic E-state index is 0.243. The van der Waals surface area contributed by atoms with Crippen LogP contribution in [0.5, 0.6) is 0 Å². The van der Waals surface area contributed by atoms with Gasteiger partial charge in [0.25, 0.3) is 0 Å². The summed E-state index contributed by atoms with van der Waals surface area (Å²) in [5.41, 5.74) is 5.64. The average Bonchev–Trinajstić information content (AvgIpc) is 3.09. The summed E-state index contributed by atoms with van der Waals surface area (Å²) in [7, 11) is 1.98. The number of nitrogens with zero attached hydrogens (tertiary/aromatic N) is 1. The number of benzene rings is 2. The number of para-hydroxylation sites is 1. The van der Waals surface area contributed by atoms with Crippen molar-refractivity contribution in [2.45, 2.75) is 10.9 Å². The quantitative estimate of drug-likeness (QED) is 0.819. The van der Waals surface area contributed by atoms with Crippen LogP contribution in [-0.2, 0) is 9.63 Å². The van der Waals surface area contributed by atoms with Gasteiger partial charge in [0.1, 0.15) is 6.04 Å². The van der Waals surface area contributed by atoms with Crippen LogP contribution in [0.2, 0.25) is 0 Å². The monoisotopic (exact) mass is 310 g/mol. The van der Waals surface area contributed by atoms with E-state index in [-0.39, 0.29) is 12.0 Å². The van der Waals surface area contributed by atoms with E-state index in [4.69, 9.17) is 4.84 Å². The van der Waals surface area contributed by atoms with Gasteiger partial charge in [-0.1, -0.05) is 54.2 Å². The molecule has 110 valence electrons. The highest BCUT2D eigenvalue weighted by molar-refractivity contribution is 8.03. The Labute approximate surface area is 132 Å². The van der Waals surface area contributed by atoms with Gasteiger partial charge in [0.05, 0.1) is 16.3 Å². The fourth-order valence-electron chi connectivity index (χ4n) is 2.77. The number of rotatable bonds is 1. The maximum Gasteiger partial charge on any atom is 0.357 e. The first-order chi connectivity index (χ1) is 10.8. The lowest BCUT2D eigenvalue weighted by atomic mass is 10.0. The second kappa shape index (κ2) is 5.19. The molecule has 0 bridgehead atoms. The molecule has 0 aromatic heterocycles. The van der Waals surface area contributed by atoms with Crippen LogP contribution in [0.25, 0.3) is 0 Å². The lowest BCUT2D eigenvalue weighted by molar-refractivity contribution is -0.140. The van der Waals surface area contributed by atoms with Crippen LogP contribution < -0.4 is 10.4 Å². The predicted octanol–water partition coefficient (Wildman–Crippen LogP) is 3.24. The average molecular weight is 310 g/mol. The Hall–Kier alpha value is -2.24. The molecule has 1 fully saturated rings. The standard InChI is InChI=1S/C17H14N2O2S/c1-19-12-9-5-6-10-13(12)22-16(19)14-15(18-21-17(14)20)11-7-3-2-4-8-11/h2-10,15,18H,1H3/b16-14+. The Morgan fingerprint density at radius 3 is 2.59 bits per heavy atom. The van der Waals surface area contributed by atoms with Crippen molar-refractivity contribution >= 4 is 23.4 Å². The third kappa shape index (κ3) is 2.01. The normalized spacial score (nSPS) is 23.6. The minimum atomic E-state index is -0.309. The van der Waals surface area contributed by atoms with E-state index in [9.17, 15) is 4.79 Å². The summed E-state index contributed by atoms with van der Waals surface area (Å²) in [5.74, 6) is -0.309. The van der Waals surface area contributed by atoms with Crippen molar-refractivity contribution in [1.29, 1.82) is 0 Å². The number of nitrogens with one attached hydrogen (secondary N) is 1. The zero-order valence-electron chi connectivity index (χ0n) is 11.9. The summed E-state index contributed by atoms with van der Waals surface area (Å²) in [5, 5.41) is 0.921. The van der Waals surface area contributed by atoms with Gasteiger partial charge in [-0.25, -0.2) is 4.79 Å². The Morgan fingerprint density at radius 1 is 1.09 bits per heavy atom. The van der Waals surface area contributed by atoms with E-state index in [2.05, 4.69) is 22.5 Å². The number of hydrogen-bond donors (Lipinski definition) is 1. The minimum Gasteiger partial charge on any atom is -0.366 e. The maximum absolute atomic E-state index is 12.3. The molecular weight excluding hydrogens is 296 g/mol. The van der Waals surface area contributed by atoms with Crippen molar-refractivity contribution in [3.05, 3.63) is 70.8 Å². The first-order valence-corrected chi connectivity index (χ1v) is 7.84. The zero-order chi connectivity index (χ0) is 15.1. The van der Waals surface area contributed by atoms with Gasteiger partial charge in [-0.3, -0.25) is 0 Å². The molecule has 1 N–H and O–H groups in total. The van der Waals surface area contributed by atoms with Gasteiger partial charge >= 0.3 is 5.97 Å². The number of hydroxylamine groups is 1. The number of hydrogen-bond acceptors (Lipinski definition) is 5. The summed E-state index contributed by atoms with van der Waals surface area (Å²) in [6.07, 6.45) is 0. The predicted molar refractivity (Wildman–Crippen MR) is 86.1 cm³/mol. The van der Waals surface area contributed by atoms with Crippen LogP contribution in [0.15, 0.2) is 70.1 Å². The second-order valence-electron chi connectivity index (χ2n) is 5.20. The number of carbonyl (C=O) groups is 1. The van der Waals surface area contributed by atoms with E-state index in [1.807, 2.05) is 49.5 Å². The fraction of sp³-hybridized carbons (Fsp3) is 0.118. The Balaban J connectivity index is 1.81. The van der Waals surface area contributed by atoms with E-state index in [0.29, 0.717) is 5.57 Å². The Kier molecular flexibility index (Phi) is 3.17. The maximum atomic E-state index is 12.3. The molecule has 22 heavy (non-hydrogen) atoms.